The fourth-order valence-electron chi connectivity index (χ4n) is 4.44. The van der Waals surface area contributed by atoms with Crippen LogP contribution >= 0.6 is 0 Å². The number of likely N-dealkylation sites (tertiary alicyclic amines) is 1. The maximum absolute atomic E-state index is 14.1. The van der Waals surface area contributed by atoms with Crippen molar-refractivity contribution in [1.82, 2.24) is 19.6 Å². The molecule has 2 amide bonds. The number of halogens is 1. The van der Waals surface area contributed by atoms with E-state index in [0.717, 1.165) is 22.6 Å². The van der Waals surface area contributed by atoms with Crippen LogP contribution in [0.4, 0.5) is 4.39 Å². The number of nitrogens with zero attached hydrogens (tertiary/aromatic N) is 4. The fraction of sp³-hybridized carbons (Fsp3) is 0.346. The van der Waals surface area contributed by atoms with E-state index >= 15 is 0 Å². The Morgan fingerprint density at radius 1 is 1.15 bits per heavy atom. The first-order chi connectivity index (χ1) is 15.8. The molecule has 6 nitrogen and oxygen atoms in total. The minimum Gasteiger partial charge on any atom is -0.341 e. The van der Waals surface area contributed by atoms with Gasteiger partial charge in [-0.05, 0) is 50.1 Å². The van der Waals surface area contributed by atoms with E-state index in [1.54, 1.807) is 35.0 Å². The molecule has 0 saturated carbocycles. The monoisotopic (exact) mass is 448 g/mol. The van der Waals surface area contributed by atoms with Gasteiger partial charge in [-0.3, -0.25) is 9.59 Å². The van der Waals surface area contributed by atoms with E-state index < -0.39 is 0 Å². The summed E-state index contributed by atoms with van der Waals surface area (Å²) in [6, 6.07) is 16.5. The largest absolute Gasteiger partial charge is 0.341 e. The molecule has 1 fully saturated rings. The number of hydrogen-bond acceptors (Lipinski definition) is 3. The lowest BCUT2D eigenvalue weighted by atomic mass is 9.95. The van der Waals surface area contributed by atoms with Gasteiger partial charge in [-0.2, -0.15) is 5.10 Å². The summed E-state index contributed by atoms with van der Waals surface area (Å²) in [5, 5.41) is 4.54. The van der Waals surface area contributed by atoms with Crippen molar-refractivity contribution in [2.75, 3.05) is 13.6 Å². The SMILES string of the molecule is Cc1cc(C)n(-c2cccc(CN(C)C(=O)C3CCC(=O)N(Cc4ccccc4F)C3)c2)n1. The maximum atomic E-state index is 14.1. The lowest BCUT2D eigenvalue weighted by Gasteiger charge is -2.34. The molecule has 4 rings (SSSR count). The highest BCUT2D eigenvalue weighted by molar-refractivity contribution is 5.83. The van der Waals surface area contributed by atoms with E-state index in [1.165, 1.54) is 6.07 Å². The summed E-state index contributed by atoms with van der Waals surface area (Å²) < 4.78 is 16.0. The number of rotatable bonds is 6. The molecule has 172 valence electrons. The van der Waals surface area contributed by atoms with Crippen molar-refractivity contribution in [2.24, 2.45) is 5.92 Å². The quantitative estimate of drug-likeness (QED) is 0.572. The molecular weight excluding hydrogens is 419 g/mol. The van der Waals surface area contributed by atoms with Crippen molar-refractivity contribution in [1.29, 1.82) is 0 Å². The average Bonchev–Trinajstić information content (AvgIpc) is 3.14. The van der Waals surface area contributed by atoms with E-state index in [9.17, 15) is 14.0 Å². The van der Waals surface area contributed by atoms with E-state index in [1.807, 2.05) is 48.9 Å². The zero-order valence-corrected chi connectivity index (χ0v) is 19.3. The van der Waals surface area contributed by atoms with Crippen molar-refractivity contribution < 1.29 is 14.0 Å². The molecule has 1 saturated heterocycles. The number of benzene rings is 2. The highest BCUT2D eigenvalue weighted by Gasteiger charge is 2.32. The normalized spacial score (nSPS) is 16.2. The summed E-state index contributed by atoms with van der Waals surface area (Å²) >= 11 is 0. The third-order valence-electron chi connectivity index (χ3n) is 6.13. The Morgan fingerprint density at radius 2 is 1.94 bits per heavy atom. The smallest absolute Gasteiger partial charge is 0.227 e. The molecule has 0 bridgehead atoms. The van der Waals surface area contributed by atoms with Gasteiger partial charge in [-0.15, -0.1) is 0 Å². The molecule has 0 radical (unpaired) electrons. The molecule has 1 aliphatic heterocycles. The molecule has 0 spiro atoms. The molecule has 1 aliphatic rings. The number of aromatic nitrogens is 2. The predicted octanol–water partition coefficient (Wildman–Crippen LogP) is 4.03. The lowest BCUT2D eigenvalue weighted by molar-refractivity contribution is -0.143. The first-order valence-electron chi connectivity index (χ1n) is 11.2. The topological polar surface area (TPSA) is 58.4 Å². The van der Waals surface area contributed by atoms with Gasteiger partial charge in [0.1, 0.15) is 5.82 Å². The van der Waals surface area contributed by atoms with E-state index in [2.05, 4.69) is 5.10 Å². The molecule has 1 unspecified atom stereocenters. The van der Waals surface area contributed by atoms with Gasteiger partial charge in [0.2, 0.25) is 11.8 Å². The number of carbonyl (C=O) groups excluding carboxylic acids is 2. The van der Waals surface area contributed by atoms with Gasteiger partial charge >= 0.3 is 0 Å². The third-order valence-corrected chi connectivity index (χ3v) is 6.13. The molecule has 0 aliphatic carbocycles. The van der Waals surface area contributed by atoms with Crippen LogP contribution in [0.2, 0.25) is 0 Å². The Hall–Kier alpha value is -3.48. The molecule has 7 heteroatoms. The Kier molecular flexibility index (Phi) is 6.58. The second kappa shape index (κ2) is 9.57. The predicted molar refractivity (Wildman–Crippen MR) is 124 cm³/mol. The summed E-state index contributed by atoms with van der Waals surface area (Å²) in [6.07, 6.45) is 0.813. The van der Waals surface area contributed by atoms with Gasteiger partial charge in [0.25, 0.3) is 0 Å². The Bertz CT molecular complexity index is 1170. The van der Waals surface area contributed by atoms with Gasteiger partial charge in [0, 0.05) is 44.4 Å². The highest BCUT2D eigenvalue weighted by Crippen LogP contribution is 2.23. The van der Waals surface area contributed by atoms with Crippen molar-refractivity contribution in [3.05, 3.63) is 82.9 Å². The minimum atomic E-state index is -0.335. The van der Waals surface area contributed by atoms with Crippen molar-refractivity contribution in [2.45, 2.75) is 39.8 Å². The summed E-state index contributed by atoms with van der Waals surface area (Å²) in [4.78, 5) is 28.9. The van der Waals surface area contributed by atoms with Gasteiger partial charge in [-0.25, -0.2) is 9.07 Å². The minimum absolute atomic E-state index is 0.00227. The Balaban J connectivity index is 1.43. The molecule has 0 N–H and O–H groups in total. The van der Waals surface area contributed by atoms with Gasteiger partial charge in [0.05, 0.1) is 17.3 Å². The third kappa shape index (κ3) is 5.13. The van der Waals surface area contributed by atoms with Gasteiger partial charge in [-0.1, -0.05) is 30.3 Å². The van der Waals surface area contributed by atoms with Crippen LogP contribution in [0.1, 0.15) is 35.4 Å². The molecule has 2 aromatic carbocycles. The zero-order chi connectivity index (χ0) is 23.5. The van der Waals surface area contributed by atoms with E-state index in [0.29, 0.717) is 31.5 Å². The Morgan fingerprint density at radius 3 is 2.67 bits per heavy atom. The van der Waals surface area contributed by atoms with Crippen LogP contribution in [0, 0.1) is 25.6 Å². The number of piperidine rings is 1. The molecule has 33 heavy (non-hydrogen) atoms. The number of amides is 2. The zero-order valence-electron chi connectivity index (χ0n) is 19.3. The molecule has 1 aromatic heterocycles. The van der Waals surface area contributed by atoms with Crippen LogP contribution in [0.25, 0.3) is 5.69 Å². The van der Waals surface area contributed by atoms with Crippen LogP contribution in [-0.2, 0) is 22.7 Å². The van der Waals surface area contributed by atoms with Crippen molar-refractivity contribution in [3.63, 3.8) is 0 Å². The summed E-state index contributed by atoms with van der Waals surface area (Å²) in [6.45, 7) is 4.93. The Labute approximate surface area is 193 Å². The molecule has 3 aromatic rings. The van der Waals surface area contributed by atoms with E-state index in [-0.39, 0.29) is 30.1 Å². The summed E-state index contributed by atoms with van der Waals surface area (Å²) in [5.41, 5.74) is 4.44. The number of carbonyl (C=O) groups is 2. The van der Waals surface area contributed by atoms with Gasteiger partial charge < -0.3 is 9.80 Å². The second-order valence-corrected chi connectivity index (χ2v) is 8.80. The van der Waals surface area contributed by atoms with Crippen molar-refractivity contribution in [3.8, 4) is 5.69 Å². The molecule has 2 heterocycles. The first-order valence-corrected chi connectivity index (χ1v) is 11.2. The van der Waals surface area contributed by atoms with Crippen LogP contribution < -0.4 is 0 Å². The van der Waals surface area contributed by atoms with Crippen LogP contribution in [0.5, 0.6) is 0 Å². The average molecular weight is 449 g/mol. The lowest BCUT2D eigenvalue weighted by Crippen LogP contribution is -2.45. The summed E-state index contributed by atoms with van der Waals surface area (Å²) in [7, 11) is 1.79. The first kappa shape index (κ1) is 22.7. The number of hydrogen-bond donors (Lipinski definition) is 0. The standard InChI is InChI=1S/C26H29FN4O2/c1-18-13-19(2)31(28-18)23-9-6-7-20(14-23)15-29(3)26(33)22-11-12-25(32)30(17-22)16-21-8-4-5-10-24(21)27/h4-10,13-14,22H,11-12,15-17H2,1-3H3. The fourth-order valence-corrected chi connectivity index (χ4v) is 4.44. The number of aryl methyl sites for hydroxylation is 2. The van der Waals surface area contributed by atoms with Crippen LogP contribution in [0.15, 0.2) is 54.6 Å². The highest BCUT2D eigenvalue weighted by atomic mass is 19.1. The van der Waals surface area contributed by atoms with Crippen molar-refractivity contribution >= 4 is 11.8 Å². The van der Waals surface area contributed by atoms with Gasteiger partial charge in [0.15, 0.2) is 0 Å². The maximum Gasteiger partial charge on any atom is 0.227 e. The molecular formula is C26H29FN4O2. The summed E-state index contributed by atoms with van der Waals surface area (Å²) in [5.74, 6) is -0.669. The van der Waals surface area contributed by atoms with Crippen LogP contribution in [0.3, 0.4) is 0 Å². The van der Waals surface area contributed by atoms with E-state index in [4.69, 9.17) is 0 Å². The molecule has 1 atom stereocenters. The van der Waals surface area contributed by atoms with Crippen LogP contribution in [-0.4, -0.2) is 45.0 Å². The second-order valence-electron chi connectivity index (χ2n) is 8.80.